The van der Waals surface area contributed by atoms with Gasteiger partial charge in [0.15, 0.2) is 5.78 Å². The van der Waals surface area contributed by atoms with E-state index in [-0.39, 0.29) is 18.1 Å². The molecule has 4 aromatic rings. The summed E-state index contributed by atoms with van der Waals surface area (Å²) >= 11 is 0. The summed E-state index contributed by atoms with van der Waals surface area (Å²) in [5.74, 6) is 0.578. The van der Waals surface area contributed by atoms with Gasteiger partial charge in [-0.15, -0.1) is 0 Å². The Kier molecular flexibility index (Phi) is 9.59. The Bertz CT molecular complexity index is 1380. The highest BCUT2D eigenvalue weighted by Crippen LogP contribution is 2.28. The van der Waals surface area contributed by atoms with Gasteiger partial charge in [-0.3, -0.25) is 9.59 Å². The van der Waals surface area contributed by atoms with Gasteiger partial charge in [0.05, 0.1) is 12.1 Å². The van der Waals surface area contributed by atoms with Crippen LogP contribution in [0.1, 0.15) is 85.1 Å². The number of aliphatic carboxylic acids is 1. The average Bonchev–Trinajstić information content (AvgIpc) is 3.32. The van der Waals surface area contributed by atoms with E-state index in [4.69, 9.17) is 9.84 Å². The fourth-order valence-corrected chi connectivity index (χ4v) is 5.02. The number of benzene rings is 2. The quantitative estimate of drug-likeness (QED) is 0.135. The number of carbonyl (C=O) groups excluding carboxylic acids is 1. The van der Waals surface area contributed by atoms with E-state index in [1.54, 1.807) is 0 Å². The van der Waals surface area contributed by atoms with Crippen LogP contribution in [0.5, 0.6) is 5.75 Å². The van der Waals surface area contributed by atoms with Crippen molar-refractivity contribution in [1.82, 2.24) is 4.40 Å². The normalized spacial score (nSPS) is 12.1. The molecule has 0 aliphatic heterocycles. The van der Waals surface area contributed by atoms with Crippen molar-refractivity contribution in [1.29, 1.82) is 0 Å². The van der Waals surface area contributed by atoms with Gasteiger partial charge in [0.1, 0.15) is 5.75 Å². The van der Waals surface area contributed by atoms with Crippen LogP contribution in [-0.2, 0) is 17.6 Å². The summed E-state index contributed by atoms with van der Waals surface area (Å²) in [5.41, 5.74) is 5.76. The van der Waals surface area contributed by atoms with Gasteiger partial charge in [0.2, 0.25) is 0 Å². The summed E-state index contributed by atoms with van der Waals surface area (Å²) < 4.78 is 7.93. The van der Waals surface area contributed by atoms with Crippen LogP contribution < -0.4 is 4.74 Å². The van der Waals surface area contributed by atoms with Crippen LogP contribution >= 0.6 is 0 Å². The first-order valence-electron chi connectivity index (χ1n) is 14.0. The van der Waals surface area contributed by atoms with Crippen molar-refractivity contribution in [2.24, 2.45) is 5.92 Å². The number of hydrogen-bond donors (Lipinski definition) is 1. The standard InChI is InChI=1S/C34H39NO4/c1-24(2)22-27-13-11-26(12-14-27)8-5-7-21-39-29-17-15-28(16-18-29)34(38)30-23-32(25(3)10-19-33(36)37)35-20-6-4-9-31(30)35/h4,6,9,11-18,20,23-25H,5,7-8,10,19,21-22H2,1-3H3,(H,36,37)/t25-/m0/s1. The van der Waals surface area contributed by atoms with E-state index in [0.717, 1.165) is 42.6 Å². The van der Waals surface area contributed by atoms with Crippen LogP contribution in [0.15, 0.2) is 79.0 Å². The Balaban J connectivity index is 1.31. The minimum absolute atomic E-state index is 0.0116. The molecular weight excluding hydrogens is 486 g/mol. The van der Waals surface area contributed by atoms with Crippen molar-refractivity contribution in [2.75, 3.05) is 6.61 Å². The lowest BCUT2D eigenvalue weighted by Gasteiger charge is -2.10. The maximum absolute atomic E-state index is 13.4. The molecule has 39 heavy (non-hydrogen) atoms. The number of unbranched alkanes of at least 4 members (excludes halogenated alkanes) is 1. The molecule has 0 saturated carbocycles. The Morgan fingerprint density at radius 1 is 0.897 bits per heavy atom. The third-order valence-electron chi connectivity index (χ3n) is 7.16. The topological polar surface area (TPSA) is 68.0 Å². The van der Waals surface area contributed by atoms with E-state index < -0.39 is 5.97 Å². The molecule has 0 bridgehead atoms. The number of nitrogens with zero attached hydrogens (tertiary/aromatic N) is 1. The fourth-order valence-electron chi connectivity index (χ4n) is 5.02. The number of ether oxygens (including phenoxy) is 1. The highest BCUT2D eigenvalue weighted by atomic mass is 16.5. The zero-order valence-corrected chi connectivity index (χ0v) is 23.2. The zero-order chi connectivity index (χ0) is 27.8. The van der Waals surface area contributed by atoms with Gasteiger partial charge in [-0.1, -0.05) is 51.1 Å². The summed E-state index contributed by atoms with van der Waals surface area (Å²) in [5, 5.41) is 9.07. The molecule has 0 unspecified atom stereocenters. The number of aromatic nitrogens is 1. The number of fused-ring (bicyclic) bond motifs is 1. The maximum Gasteiger partial charge on any atom is 0.303 e. The summed E-state index contributed by atoms with van der Waals surface area (Å²) in [6.45, 7) is 7.13. The smallest absolute Gasteiger partial charge is 0.303 e. The molecule has 2 heterocycles. The number of carboxylic acid groups (broad SMARTS) is 1. The summed E-state index contributed by atoms with van der Waals surface area (Å²) in [6, 6.07) is 24.0. The number of ketones is 1. The van der Waals surface area contributed by atoms with Gasteiger partial charge in [0, 0.05) is 29.4 Å². The fraction of sp³-hybridized carbons (Fsp3) is 0.353. The number of pyridine rings is 1. The lowest BCUT2D eigenvalue weighted by Crippen LogP contribution is -2.02. The van der Waals surface area contributed by atoms with Crippen LogP contribution in [-0.4, -0.2) is 27.9 Å². The van der Waals surface area contributed by atoms with Crippen molar-refractivity contribution in [3.05, 3.63) is 107 Å². The second-order valence-corrected chi connectivity index (χ2v) is 10.8. The molecule has 0 spiro atoms. The lowest BCUT2D eigenvalue weighted by atomic mass is 9.99. The van der Waals surface area contributed by atoms with E-state index in [1.807, 2.05) is 66.1 Å². The molecule has 5 nitrogen and oxygen atoms in total. The van der Waals surface area contributed by atoms with E-state index >= 15 is 0 Å². The maximum atomic E-state index is 13.4. The molecule has 0 amide bonds. The second-order valence-electron chi connectivity index (χ2n) is 10.8. The van der Waals surface area contributed by atoms with Crippen molar-refractivity contribution in [2.45, 2.75) is 65.2 Å². The summed E-state index contributed by atoms with van der Waals surface area (Å²) in [7, 11) is 0. The van der Waals surface area contributed by atoms with E-state index in [9.17, 15) is 9.59 Å². The highest BCUT2D eigenvalue weighted by molar-refractivity contribution is 6.13. The molecule has 0 aliphatic rings. The van der Waals surface area contributed by atoms with Crippen LogP contribution in [0.25, 0.3) is 5.52 Å². The molecule has 204 valence electrons. The van der Waals surface area contributed by atoms with Crippen LogP contribution in [0, 0.1) is 5.92 Å². The molecule has 0 fully saturated rings. The molecule has 2 aromatic heterocycles. The zero-order valence-electron chi connectivity index (χ0n) is 23.2. The third kappa shape index (κ3) is 7.60. The Morgan fingerprint density at radius 3 is 2.31 bits per heavy atom. The SMILES string of the molecule is CC(C)Cc1ccc(CCCCOc2ccc(C(=O)c3cc([C@@H](C)CCC(=O)O)n4ccccc34)cc2)cc1. The molecule has 0 saturated heterocycles. The van der Waals surface area contributed by atoms with Gasteiger partial charge in [0.25, 0.3) is 0 Å². The first-order chi connectivity index (χ1) is 18.8. The van der Waals surface area contributed by atoms with Crippen LogP contribution in [0.4, 0.5) is 0 Å². The van der Waals surface area contributed by atoms with Gasteiger partial charge in [-0.25, -0.2) is 0 Å². The number of carbonyl (C=O) groups is 2. The number of aryl methyl sites for hydroxylation is 1. The van der Waals surface area contributed by atoms with E-state index in [1.165, 1.54) is 11.1 Å². The Labute approximate surface area is 231 Å². The van der Waals surface area contributed by atoms with Crippen LogP contribution in [0.2, 0.25) is 0 Å². The molecule has 2 aromatic carbocycles. The van der Waals surface area contributed by atoms with Gasteiger partial charge in [-0.2, -0.15) is 0 Å². The van der Waals surface area contributed by atoms with Gasteiger partial charge in [-0.05, 0) is 97.5 Å². The number of rotatable bonds is 14. The van der Waals surface area contributed by atoms with Gasteiger partial charge >= 0.3 is 5.97 Å². The number of hydrogen-bond acceptors (Lipinski definition) is 3. The lowest BCUT2D eigenvalue weighted by molar-refractivity contribution is -0.137. The summed E-state index contributed by atoms with van der Waals surface area (Å²) in [6.07, 6.45) is 6.73. The highest BCUT2D eigenvalue weighted by Gasteiger charge is 2.20. The molecule has 4 rings (SSSR count). The second kappa shape index (κ2) is 13.3. The largest absolute Gasteiger partial charge is 0.494 e. The molecule has 1 atom stereocenters. The molecule has 0 radical (unpaired) electrons. The molecule has 1 N–H and O–H groups in total. The predicted octanol–water partition coefficient (Wildman–Crippen LogP) is 7.74. The first-order valence-corrected chi connectivity index (χ1v) is 14.0. The Hall–Kier alpha value is -3.86. The average molecular weight is 526 g/mol. The minimum Gasteiger partial charge on any atom is -0.494 e. The molecular formula is C34H39NO4. The monoisotopic (exact) mass is 525 g/mol. The Morgan fingerprint density at radius 2 is 1.62 bits per heavy atom. The van der Waals surface area contributed by atoms with E-state index in [2.05, 4.69) is 38.1 Å². The van der Waals surface area contributed by atoms with E-state index in [0.29, 0.717) is 30.1 Å². The summed E-state index contributed by atoms with van der Waals surface area (Å²) in [4.78, 5) is 24.5. The first kappa shape index (κ1) is 28.2. The predicted molar refractivity (Wildman–Crippen MR) is 156 cm³/mol. The number of carboxylic acids is 1. The van der Waals surface area contributed by atoms with Crippen molar-refractivity contribution < 1.29 is 19.4 Å². The van der Waals surface area contributed by atoms with Crippen molar-refractivity contribution in [3.8, 4) is 5.75 Å². The van der Waals surface area contributed by atoms with Crippen molar-refractivity contribution >= 4 is 17.3 Å². The van der Waals surface area contributed by atoms with Crippen molar-refractivity contribution in [3.63, 3.8) is 0 Å². The molecule has 0 aliphatic carbocycles. The van der Waals surface area contributed by atoms with Gasteiger partial charge < -0.3 is 14.2 Å². The minimum atomic E-state index is -0.812. The molecule has 5 heteroatoms. The third-order valence-corrected chi connectivity index (χ3v) is 7.16. The van der Waals surface area contributed by atoms with Crippen LogP contribution in [0.3, 0.4) is 0 Å².